The molecule has 1 aliphatic heterocycles. The third-order valence-electron chi connectivity index (χ3n) is 7.67. The summed E-state index contributed by atoms with van der Waals surface area (Å²) in [5.41, 5.74) is 4.17. The van der Waals surface area contributed by atoms with Gasteiger partial charge in [0.05, 0.1) is 6.04 Å². The predicted octanol–water partition coefficient (Wildman–Crippen LogP) is 6.25. The highest BCUT2D eigenvalue weighted by Gasteiger charge is 2.26. The van der Waals surface area contributed by atoms with E-state index in [2.05, 4.69) is 67.8 Å². The van der Waals surface area contributed by atoms with Crippen LogP contribution in [-0.2, 0) is 11.2 Å². The van der Waals surface area contributed by atoms with E-state index in [1.54, 1.807) is 4.90 Å². The molecule has 1 heterocycles. The number of benzene rings is 2. The Morgan fingerprint density at radius 3 is 2.37 bits per heavy atom. The summed E-state index contributed by atoms with van der Waals surface area (Å²) in [6.45, 7) is 9.74. The summed E-state index contributed by atoms with van der Waals surface area (Å²) in [4.78, 5) is 29.6. The number of rotatable bonds is 13. The van der Waals surface area contributed by atoms with Crippen LogP contribution in [0.25, 0.3) is 11.1 Å². The molecule has 1 saturated heterocycles. The van der Waals surface area contributed by atoms with E-state index in [9.17, 15) is 9.59 Å². The van der Waals surface area contributed by atoms with Gasteiger partial charge in [0.1, 0.15) is 0 Å². The summed E-state index contributed by atoms with van der Waals surface area (Å²) in [5.74, 6) is 0.926. The fourth-order valence-electron chi connectivity index (χ4n) is 5.07. The van der Waals surface area contributed by atoms with Gasteiger partial charge in [-0.2, -0.15) is 0 Å². The van der Waals surface area contributed by atoms with Crippen LogP contribution in [0.2, 0.25) is 0 Å². The van der Waals surface area contributed by atoms with Crippen molar-refractivity contribution in [3.63, 3.8) is 0 Å². The lowest BCUT2D eigenvalue weighted by Crippen LogP contribution is -2.50. The fraction of sp³-hybridized carbons (Fsp3) is 0.562. The van der Waals surface area contributed by atoms with Gasteiger partial charge in [-0.05, 0) is 67.0 Å². The van der Waals surface area contributed by atoms with Gasteiger partial charge in [-0.3, -0.25) is 9.69 Å². The molecule has 38 heavy (non-hydrogen) atoms. The lowest BCUT2D eigenvalue weighted by atomic mass is 9.97. The maximum Gasteiger partial charge on any atom is 0.321 e. The molecule has 2 N–H and O–H groups in total. The number of piperidine rings is 1. The van der Waals surface area contributed by atoms with Gasteiger partial charge in [0.2, 0.25) is 5.91 Å². The number of nitrogens with zero attached hydrogens (tertiary/aromatic N) is 2. The molecule has 208 valence electrons. The number of amides is 3. The Bertz CT molecular complexity index is 999. The monoisotopic (exact) mass is 520 g/mol. The second-order valence-corrected chi connectivity index (χ2v) is 10.8. The number of nitrogens with one attached hydrogen (secondary N) is 2. The van der Waals surface area contributed by atoms with E-state index >= 15 is 0 Å². The first-order valence-electron chi connectivity index (χ1n) is 14.7. The summed E-state index contributed by atoms with van der Waals surface area (Å²) in [6, 6.07) is 16.3. The van der Waals surface area contributed by atoms with Crippen LogP contribution in [0, 0.1) is 5.92 Å². The Morgan fingerprint density at radius 2 is 1.68 bits per heavy atom. The maximum atomic E-state index is 13.2. The smallest absolute Gasteiger partial charge is 0.321 e. The molecule has 0 bridgehead atoms. The molecule has 2 aromatic rings. The Kier molecular flexibility index (Phi) is 12.1. The SMILES string of the molecule is CCCCCCCNC(=O)N(C)c1cccc(-c2ccc(C[C@H](NCC)C(=O)N3CCC(C)CC3)cc2)c1. The molecule has 2 aromatic carbocycles. The standard InChI is InChI=1S/C32H48N4O2/c1-5-7-8-9-10-20-34-32(38)35(4)29-13-11-12-28(24-29)27-16-14-26(15-17-27)23-30(33-6-2)31(37)36-21-18-25(3)19-22-36/h11-17,24-25,30,33H,5-10,18-23H2,1-4H3,(H,34,38)/t30-/m0/s1. The molecule has 1 fully saturated rings. The summed E-state index contributed by atoms with van der Waals surface area (Å²) in [6.07, 6.45) is 8.75. The topological polar surface area (TPSA) is 64.7 Å². The van der Waals surface area contributed by atoms with E-state index in [1.807, 2.05) is 24.1 Å². The molecule has 0 saturated carbocycles. The molecule has 3 rings (SSSR count). The zero-order valence-electron chi connectivity index (χ0n) is 24.0. The highest BCUT2D eigenvalue weighted by Crippen LogP contribution is 2.25. The first-order chi connectivity index (χ1) is 18.4. The fourth-order valence-corrected chi connectivity index (χ4v) is 5.07. The molecule has 0 aliphatic carbocycles. The Labute approximate surface area is 230 Å². The van der Waals surface area contributed by atoms with Crippen molar-refractivity contribution in [3.05, 3.63) is 54.1 Å². The van der Waals surface area contributed by atoms with Crippen molar-refractivity contribution in [2.75, 3.05) is 38.1 Å². The Morgan fingerprint density at radius 1 is 0.974 bits per heavy atom. The number of likely N-dealkylation sites (N-methyl/N-ethyl adjacent to an activating group) is 1. The number of unbranched alkanes of at least 4 members (excludes halogenated alkanes) is 4. The van der Waals surface area contributed by atoms with Crippen LogP contribution < -0.4 is 15.5 Å². The maximum absolute atomic E-state index is 13.2. The van der Waals surface area contributed by atoms with Crippen molar-refractivity contribution in [2.45, 2.75) is 78.2 Å². The zero-order valence-corrected chi connectivity index (χ0v) is 24.0. The normalized spacial score (nSPS) is 14.8. The number of anilines is 1. The molecule has 6 heteroatoms. The van der Waals surface area contributed by atoms with Crippen molar-refractivity contribution in [1.29, 1.82) is 0 Å². The van der Waals surface area contributed by atoms with E-state index in [4.69, 9.17) is 0 Å². The molecule has 6 nitrogen and oxygen atoms in total. The minimum atomic E-state index is -0.193. The summed E-state index contributed by atoms with van der Waals surface area (Å²) in [7, 11) is 1.81. The number of likely N-dealkylation sites (tertiary alicyclic amines) is 1. The van der Waals surface area contributed by atoms with E-state index in [0.717, 1.165) is 67.7 Å². The lowest BCUT2D eigenvalue weighted by Gasteiger charge is -2.33. The summed E-state index contributed by atoms with van der Waals surface area (Å²) in [5, 5.41) is 6.45. The first-order valence-corrected chi connectivity index (χ1v) is 14.7. The van der Waals surface area contributed by atoms with E-state index in [0.29, 0.717) is 18.9 Å². The molecule has 0 unspecified atom stereocenters. The largest absolute Gasteiger partial charge is 0.341 e. The van der Waals surface area contributed by atoms with E-state index in [1.165, 1.54) is 19.3 Å². The Balaban J connectivity index is 1.59. The van der Waals surface area contributed by atoms with Gasteiger partial charge < -0.3 is 15.5 Å². The second kappa shape index (κ2) is 15.5. The van der Waals surface area contributed by atoms with Crippen LogP contribution in [0.5, 0.6) is 0 Å². The van der Waals surface area contributed by atoms with Crippen LogP contribution in [-0.4, -0.2) is 56.1 Å². The number of carbonyl (C=O) groups is 2. The van der Waals surface area contributed by atoms with Crippen molar-refractivity contribution in [1.82, 2.24) is 15.5 Å². The van der Waals surface area contributed by atoms with Gasteiger partial charge in [-0.1, -0.05) is 82.9 Å². The Hall–Kier alpha value is -2.86. The molecule has 0 spiro atoms. The second-order valence-electron chi connectivity index (χ2n) is 10.8. The highest BCUT2D eigenvalue weighted by molar-refractivity contribution is 5.92. The van der Waals surface area contributed by atoms with Crippen LogP contribution in [0.4, 0.5) is 10.5 Å². The summed E-state index contributed by atoms with van der Waals surface area (Å²) < 4.78 is 0. The zero-order chi connectivity index (χ0) is 27.3. The average Bonchev–Trinajstić information content (AvgIpc) is 2.94. The third-order valence-corrected chi connectivity index (χ3v) is 7.67. The average molecular weight is 521 g/mol. The molecule has 0 radical (unpaired) electrons. The molecule has 3 amide bonds. The number of hydrogen-bond acceptors (Lipinski definition) is 3. The van der Waals surface area contributed by atoms with Crippen LogP contribution in [0.15, 0.2) is 48.5 Å². The van der Waals surface area contributed by atoms with Gasteiger partial charge in [0, 0.05) is 32.4 Å². The van der Waals surface area contributed by atoms with Crippen molar-refractivity contribution in [3.8, 4) is 11.1 Å². The van der Waals surface area contributed by atoms with Crippen LogP contribution >= 0.6 is 0 Å². The third kappa shape index (κ3) is 8.87. The van der Waals surface area contributed by atoms with Crippen LogP contribution in [0.3, 0.4) is 0 Å². The highest BCUT2D eigenvalue weighted by atomic mass is 16.2. The predicted molar refractivity (Wildman–Crippen MR) is 159 cm³/mol. The molecule has 1 atom stereocenters. The van der Waals surface area contributed by atoms with Gasteiger partial charge >= 0.3 is 6.03 Å². The molecule has 0 aromatic heterocycles. The molecular formula is C32H48N4O2. The van der Waals surface area contributed by atoms with Crippen molar-refractivity contribution < 1.29 is 9.59 Å². The minimum Gasteiger partial charge on any atom is -0.341 e. The van der Waals surface area contributed by atoms with Crippen molar-refractivity contribution in [2.24, 2.45) is 5.92 Å². The molecule has 1 aliphatic rings. The van der Waals surface area contributed by atoms with E-state index in [-0.39, 0.29) is 18.0 Å². The van der Waals surface area contributed by atoms with Gasteiger partial charge in [-0.15, -0.1) is 0 Å². The van der Waals surface area contributed by atoms with E-state index < -0.39 is 0 Å². The molecular weight excluding hydrogens is 472 g/mol. The summed E-state index contributed by atoms with van der Waals surface area (Å²) >= 11 is 0. The van der Waals surface area contributed by atoms with Gasteiger partial charge in [-0.25, -0.2) is 4.79 Å². The quantitative estimate of drug-likeness (QED) is 0.307. The number of carbonyl (C=O) groups excluding carboxylic acids is 2. The van der Waals surface area contributed by atoms with Crippen LogP contribution in [0.1, 0.15) is 71.3 Å². The van der Waals surface area contributed by atoms with Gasteiger partial charge in [0.15, 0.2) is 0 Å². The first kappa shape index (κ1) is 29.7. The minimum absolute atomic E-state index is 0.0738. The number of urea groups is 1. The number of hydrogen-bond donors (Lipinski definition) is 2. The van der Waals surface area contributed by atoms with Gasteiger partial charge in [0.25, 0.3) is 0 Å². The van der Waals surface area contributed by atoms with Crippen molar-refractivity contribution >= 4 is 17.6 Å². The lowest BCUT2D eigenvalue weighted by molar-refractivity contribution is -0.134.